The molecule has 11 rings (SSSR count). The molecule has 0 saturated heterocycles. The lowest BCUT2D eigenvalue weighted by Crippen LogP contribution is -2.34. The van der Waals surface area contributed by atoms with E-state index in [0.717, 1.165) is 28.7 Å². The van der Waals surface area contributed by atoms with E-state index in [1.54, 1.807) is 0 Å². The average molecular weight is 748 g/mol. The van der Waals surface area contributed by atoms with Crippen LogP contribution in [-0.2, 0) is 5.41 Å². The van der Waals surface area contributed by atoms with Crippen LogP contribution in [0.15, 0.2) is 212 Å². The van der Waals surface area contributed by atoms with Crippen molar-refractivity contribution in [1.29, 1.82) is 0 Å². The second-order valence-corrected chi connectivity index (χ2v) is 16.2. The van der Waals surface area contributed by atoms with Gasteiger partial charge in [-0.2, -0.15) is 0 Å². The number of nitrogens with zero attached hydrogens (tertiary/aromatic N) is 3. The minimum Gasteiger partial charge on any atom is -0.311 e. The van der Waals surface area contributed by atoms with Crippen LogP contribution < -0.4 is 9.80 Å². The molecule has 58 heavy (non-hydrogen) atoms. The molecule has 8 aromatic carbocycles. The highest BCUT2D eigenvalue weighted by Crippen LogP contribution is 2.60. The minimum absolute atomic E-state index is 0.00893. The lowest BCUT2D eigenvalue weighted by atomic mass is 9.64. The van der Waals surface area contributed by atoms with Gasteiger partial charge in [0.05, 0.1) is 16.7 Å². The number of anilines is 6. The topological polar surface area (TPSA) is 11.4 Å². The zero-order chi connectivity index (χ0) is 38.5. The Morgan fingerprint density at radius 1 is 0.414 bits per heavy atom. The summed E-state index contributed by atoms with van der Waals surface area (Å²) in [6.45, 7) is 0. The maximum Gasteiger partial charge on any atom is 0.0562 e. The van der Waals surface area contributed by atoms with Crippen LogP contribution in [0.3, 0.4) is 0 Å². The summed E-state index contributed by atoms with van der Waals surface area (Å²) in [6, 6.07) is 77.9. The highest BCUT2D eigenvalue weighted by atomic mass is 15.2. The van der Waals surface area contributed by atoms with Gasteiger partial charge in [-0.1, -0.05) is 128 Å². The van der Waals surface area contributed by atoms with E-state index in [4.69, 9.17) is 0 Å². The lowest BCUT2D eigenvalue weighted by molar-refractivity contribution is 0.320. The molecule has 2 bridgehead atoms. The third-order valence-corrected chi connectivity index (χ3v) is 13.1. The van der Waals surface area contributed by atoms with Crippen molar-refractivity contribution in [3.63, 3.8) is 0 Å². The Morgan fingerprint density at radius 3 is 1.45 bits per heavy atom. The van der Waals surface area contributed by atoms with Crippen molar-refractivity contribution in [2.24, 2.45) is 11.8 Å². The van der Waals surface area contributed by atoms with Crippen molar-refractivity contribution in [3.05, 3.63) is 223 Å². The molecule has 3 atom stereocenters. The summed E-state index contributed by atoms with van der Waals surface area (Å²) >= 11 is 0. The first-order valence-corrected chi connectivity index (χ1v) is 20.8. The molecular formula is C55H45N3. The molecule has 1 heterocycles. The molecule has 0 radical (unpaired) electrons. The van der Waals surface area contributed by atoms with E-state index in [1.807, 2.05) is 0 Å². The SMILES string of the molecule is c1ccc(N(c2ccccc2)c2ccc(C3(c4ccc(N(c5ccccc5)c5cccc6c5c5ccccc5n6-c5ccccc5)cc4)CC4CCC3C4)cc2)cc1. The van der Waals surface area contributed by atoms with Crippen LogP contribution in [0.2, 0.25) is 0 Å². The predicted octanol–water partition coefficient (Wildman–Crippen LogP) is 14.8. The first-order valence-electron chi connectivity index (χ1n) is 20.8. The summed E-state index contributed by atoms with van der Waals surface area (Å²) in [5, 5.41) is 2.50. The molecule has 0 aliphatic heterocycles. The summed E-state index contributed by atoms with van der Waals surface area (Å²) in [5.41, 5.74) is 13.4. The predicted molar refractivity (Wildman–Crippen MR) is 243 cm³/mol. The fourth-order valence-corrected chi connectivity index (χ4v) is 10.7. The Balaban J connectivity index is 1.02. The summed E-state index contributed by atoms with van der Waals surface area (Å²) in [6.07, 6.45) is 5.16. The third kappa shape index (κ3) is 5.64. The van der Waals surface area contributed by atoms with Crippen LogP contribution in [0.25, 0.3) is 27.5 Å². The van der Waals surface area contributed by atoms with Crippen LogP contribution >= 0.6 is 0 Å². The van der Waals surface area contributed by atoms with Gasteiger partial charge >= 0.3 is 0 Å². The average Bonchev–Trinajstić information content (AvgIpc) is 4.02. The highest BCUT2D eigenvalue weighted by molar-refractivity contribution is 6.16. The molecule has 9 aromatic rings. The smallest absolute Gasteiger partial charge is 0.0562 e. The van der Waals surface area contributed by atoms with Crippen molar-refractivity contribution in [2.45, 2.75) is 31.1 Å². The molecule has 2 aliphatic rings. The van der Waals surface area contributed by atoms with Gasteiger partial charge in [0.1, 0.15) is 0 Å². The van der Waals surface area contributed by atoms with Crippen molar-refractivity contribution in [3.8, 4) is 5.69 Å². The molecule has 0 amide bonds. The summed E-state index contributed by atoms with van der Waals surface area (Å²) < 4.78 is 2.41. The molecule has 2 aliphatic carbocycles. The summed E-state index contributed by atoms with van der Waals surface area (Å²) in [5.74, 6) is 1.41. The lowest BCUT2D eigenvalue weighted by Gasteiger charge is -2.40. The normalized spacial score (nSPS) is 18.5. The molecule has 3 unspecified atom stereocenters. The zero-order valence-electron chi connectivity index (χ0n) is 32.5. The van der Waals surface area contributed by atoms with E-state index < -0.39 is 0 Å². The Labute approximate surface area is 341 Å². The maximum atomic E-state index is 2.46. The van der Waals surface area contributed by atoms with E-state index >= 15 is 0 Å². The Hall–Kier alpha value is -6.84. The van der Waals surface area contributed by atoms with Crippen LogP contribution in [0, 0.1) is 11.8 Å². The summed E-state index contributed by atoms with van der Waals surface area (Å²) in [7, 11) is 0. The van der Waals surface area contributed by atoms with Crippen LogP contribution in [0.1, 0.15) is 36.8 Å². The molecule has 280 valence electrons. The van der Waals surface area contributed by atoms with Crippen LogP contribution in [0.4, 0.5) is 34.1 Å². The molecular weight excluding hydrogens is 703 g/mol. The number of hydrogen-bond acceptors (Lipinski definition) is 2. The maximum absolute atomic E-state index is 2.46. The molecule has 0 N–H and O–H groups in total. The van der Waals surface area contributed by atoms with Crippen molar-refractivity contribution >= 4 is 55.9 Å². The summed E-state index contributed by atoms with van der Waals surface area (Å²) in [4.78, 5) is 4.82. The zero-order valence-corrected chi connectivity index (χ0v) is 32.5. The van der Waals surface area contributed by atoms with Crippen molar-refractivity contribution < 1.29 is 0 Å². The van der Waals surface area contributed by atoms with Gasteiger partial charge in [-0.05, 0) is 133 Å². The number of fused-ring (bicyclic) bond motifs is 5. The quantitative estimate of drug-likeness (QED) is 0.146. The first-order chi connectivity index (χ1) is 28.8. The molecule has 2 saturated carbocycles. The number of rotatable bonds is 9. The van der Waals surface area contributed by atoms with Gasteiger partial charge in [0.15, 0.2) is 0 Å². The molecule has 3 heteroatoms. The fraction of sp³-hybridized carbons (Fsp3) is 0.127. The van der Waals surface area contributed by atoms with E-state index in [-0.39, 0.29) is 5.41 Å². The van der Waals surface area contributed by atoms with Gasteiger partial charge in [0.25, 0.3) is 0 Å². The standard InChI is InChI=1S/C55H45N3/c1-5-16-44(17-6-1)56(45-18-7-2-8-19-45)48-34-30-41(31-35-48)55(39-40-28-29-43(55)38-40)42-32-36-49(37-33-42)57(46-20-9-3-10-21-46)52-26-15-27-53-54(52)50-24-13-14-25-51(50)58(53)47-22-11-4-12-23-47/h1-27,30-37,40,43H,28-29,38-39H2. The van der Waals surface area contributed by atoms with Crippen molar-refractivity contribution in [2.75, 3.05) is 9.80 Å². The van der Waals surface area contributed by atoms with Gasteiger partial charge in [-0.25, -0.2) is 0 Å². The second kappa shape index (κ2) is 14.3. The molecule has 2 fully saturated rings. The number of hydrogen-bond donors (Lipinski definition) is 0. The van der Waals surface area contributed by atoms with Gasteiger partial charge in [0.2, 0.25) is 0 Å². The van der Waals surface area contributed by atoms with Gasteiger partial charge in [0, 0.05) is 50.3 Å². The van der Waals surface area contributed by atoms with Crippen LogP contribution in [-0.4, -0.2) is 4.57 Å². The van der Waals surface area contributed by atoms with Crippen LogP contribution in [0.5, 0.6) is 0 Å². The number of aromatic nitrogens is 1. The first kappa shape index (κ1) is 34.4. The van der Waals surface area contributed by atoms with E-state index in [1.165, 1.54) is 75.7 Å². The van der Waals surface area contributed by atoms with E-state index in [0.29, 0.717) is 5.92 Å². The largest absolute Gasteiger partial charge is 0.311 e. The fourth-order valence-electron chi connectivity index (χ4n) is 10.7. The minimum atomic E-state index is -0.00893. The highest BCUT2D eigenvalue weighted by Gasteiger charge is 2.52. The Kier molecular flexibility index (Phi) is 8.47. The number of benzene rings is 8. The Bertz CT molecular complexity index is 2790. The molecule has 3 nitrogen and oxygen atoms in total. The molecule has 0 spiro atoms. The monoisotopic (exact) mass is 747 g/mol. The van der Waals surface area contributed by atoms with E-state index in [2.05, 4.69) is 227 Å². The Morgan fingerprint density at radius 2 is 0.897 bits per heavy atom. The third-order valence-electron chi connectivity index (χ3n) is 13.1. The second-order valence-electron chi connectivity index (χ2n) is 16.2. The van der Waals surface area contributed by atoms with E-state index in [9.17, 15) is 0 Å². The van der Waals surface area contributed by atoms with Gasteiger partial charge in [-0.3, -0.25) is 0 Å². The van der Waals surface area contributed by atoms with Crippen molar-refractivity contribution in [1.82, 2.24) is 4.57 Å². The van der Waals surface area contributed by atoms with Gasteiger partial charge < -0.3 is 14.4 Å². The number of para-hydroxylation sites is 5. The van der Waals surface area contributed by atoms with Gasteiger partial charge in [-0.15, -0.1) is 0 Å². The molecule has 1 aromatic heterocycles.